The fourth-order valence-corrected chi connectivity index (χ4v) is 6.13. The van der Waals surface area contributed by atoms with Crippen molar-refractivity contribution in [3.05, 3.63) is 120 Å². The van der Waals surface area contributed by atoms with Gasteiger partial charge < -0.3 is 15.0 Å². The van der Waals surface area contributed by atoms with Crippen LogP contribution in [0.2, 0.25) is 0 Å². The number of aromatic nitrogens is 1. The van der Waals surface area contributed by atoms with Crippen LogP contribution in [-0.2, 0) is 18.4 Å². The van der Waals surface area contributed by atoms with Crippen molar-refractivity contribution in [3.63, 3.8) is 0 Å². The summed E-state index contributed by atoms with van der Waals surface area (Å²) in [7, 11) is 0. The van der Waals surface area contributed by atoms with Gasteiger partial charge in [-0.25, -0.2) is 8.78 Å². The monoisotopic (exact) mass is 482 g/mol. The fourth-order valence-electron chi connectivity index (χ4n) is 6.13. The Kier molecular flexibility index (Phi) is 5.62. The lowest BCUT2D eigenvalue weighted by Crippen LogP contribution is -2.66. The van der Waals surface area contributed by atoms with Gasteiger partial charge in [0.15, 0.2) is 0 Å². The van der Waals surface area contributed by atoms with Gasteiger partial charge in [-0.2, -0.15) is 0 Å². The molecule has 2 atom stereocenters. The van der Waals surface area contributed by atoms with Crippen LogP contribution < -0.4 is 5.32 Å². The van der Waals surface area contributed by atoms with Gasteiger partial charge >= 0.3 is 0 Å². The SMILES string of the molecule is OC1(Cc2ccccc2)CCNCC1(Cc1ccccc1)n1c2ccc(F)cc2c2cc(F)ccc21. The third kappa shape index (κ3) is 3.71. The van der Waals surface area contributed by atoms with Gasteiger partial charge in [-0.1, -0.05) is 60.7 Å². The molecule has 1 aliphatic heterocycles. The zero-order valence-corrected chi connectivity index (χ0v) is 19.9. The highest BCUT2D eigenvalue weighted by Gasteiger charge is 2.54. The first-order chi connectivity index (χ1) is 17.5. The molecule has 0 spiro atoms. The van der Waals surface area contributed by atoms with E-state index in [0.29, 0.717) is 43.1 Å². The number of nitrogens with one attached hydrogen (secondary N) is 1. The number of rotatable bonds is 5. The van der Waals surface area contributed by atoms with Gasteiger partial charge in [0, 0.05) is 41.2 Å². The summed E-state index contributed by atoms with van der Waals surface area (Å²) in [6, 6.07) is 29.5. The largest absolute Gasteiger partial charge is 0.387 e. The Morgan fingerprint density at radius 2 is 1.25 bits per heavy atom. The van der Waals surface area contributed by atoms with Crippen LogP contribution in [-0.4, -0.2) is 28.4 Å². The molecule has 1 fully saturated rings. The molecular formula is C31H28F2N2O. The number of nitrogens with zero attached hydrogens (tertiary/aromatic N) is 1. The average molecular weight is 483 g/mol. The van der Waals surface area contributed by atoms with Crippen molar-refractivity contribution in [2.24, 2.45) is 0 Å². The van der Waals surface area contributed by atoms with Crippen LogP contribution in [0.25, 0.3) is 21.8 Å². The number of hydrogen-bond acceptors (Lipinski definition) is 2. The van der Waals surface area contributed by atoms with Crippen molar-refractivity contribution < 1.29 is 13.9 Å². The van der Waals surface area contributed by atoms with E-state index in [1.54, 1.807) is 12.1 Å². The maximum absolute atomic E-state index is 14.4. The molecule has 36 heavy (non-hydrogen) atoms. The molecule has 5 aromatic rings. The summed E-state index contributed by atoms with van der Waals surface area (Å²) in [6.45, 7) is 1.19. The highest BCUT2D eigenvalue weighted by molar-refractivity contribution is 6.08. The lowest BCUT2D eigenvalue weighted by molar-refractivity contribution is -0.0927. The molecule has 0 radical (unpaired) electrons. The Labute approximate surface area is 209 Å². The molecule has 0 saturated carbocycles. The Morgan fingerprint density at radius 1 is 0.722 bits per heavy atom. The minimum Gasteiger partial charge on any atom is -0.387 e. The third-order valence-corrected chi connectivity index (χ3v) is 7.80. The van der Waals surface area contributed by atoms with Crippen LogP contribution in [0.4, 0.5) is 8.78 Å². The third-order valence-electron chi connectivity index (χ3n) is 7.80. The van der Waals surface area contributed by atoms with E-state index >= 15 is 0 Å². The molecule has 1 aromatic heterocycles. The highest BCUT2D eigenvalue weighted by atomic mass is 19.1. The van der Waals surface area contributed by atoms with Crippen LogP contribution in [0.5, 0.6) is 0 Å². The van der Waals surface area contributed by atoms with E-state index in [9.17, 15) is 13.9 Å². The zero-order chi connectivity index (χ0) is 24.8. The van der Waals surface area contributed by atoms with Gasteiger partial charge in [0.05, 0.1) is 11.1 Å². The first kappa shape index (κ1) is 22.9. The molecule has 3 nitrogen and oxygen atoms in total. The lowest BCUT2D eigenvalue weighted by Gasteiger charge is -2.53. The summed E-state index contributed by atoms with van der Waals surface area (Å²) in [4.78, 5) is 0. The summed E-state index contributed by atoms with van der Waals surface area (Å²) in [6.07, 6.45) is 1.56. The van der Waals surface area contributed by atoms with Crippen molar-refractivity contribution >= 4 is 21.8 Å². The van der Waals surface area contributed by atoms with E-state index in [1.807, 2.05) is 48.5 Å². The van der Waals surface area contributed by atoms with Gasteiger partial charge in [-0.3, -0.25) is 0 Å². The van der Waals surface area contributed by atoms with Crippen LogP contribution in [0, 0.1) is 11.6 Å². The van der Waals surface area contributed by atoms with E-state index in [2.05, 4.69) is 22.0 Å². The second kappa shape index (κ2) is 8.84. The van der Waals surface area contributed by atoms with Gasteiger partial charge in [0.1, 0.15) is 11.6 Å². The number of benzene rings is 4. The van der Waals surface area contributed by atoms with E-state index in [0.717, 1.165) is 22.2 Å². The molecule has 5 heteroatoms. The number of halogens is 2. The molecule has 2 heterocycles. The Morgan fingerprint density at radius 3 is 1.81 bits per heavy atom. The first-order valence-electron chi connectivity index (χ1n) is 12.4. The van der Waals surface area contributed by atoms with Crippen molar-refractivity contribution in [3.8, 4) is 0 Å². The van der Waals surface area contributed by atoms with Crippen LogP contribution in [0.3, 0.4) is 0 Å². The molecule has 2 unspecified atom stereocenters. The summed E-state index contributed by atoms with van der Waals surface area (Å²) < 4.78 is 31.0. The van der Waals surface area contributed by atoms with E-state index in [-0.39, 0.29) is 11.6 Å². The normalized spacial score (nSPS) is 22.3. The second-order valence-corrected chi connectivity index (χ2v) is 9.97. The summed E-state index contributed by atoms with van der Waals surface area (Å²) in [5.41, 5.74) is 1.75. The Hall–Kier alpha value is -3.54. The number of piperidine rings is 1. The summed E-state index contributed by atoms with van der Waals surface area (Å²) >= 11 is 0. The fraction of sp³-hybridized carbons (Fsp3) is 0.226. The van der Waals surface area contributed by atoms with E-state index in [1.165, 1.54) is 24.3 Å². The Balaban J connectivity index is 1.67. The molecule has 1 saturated heterocycles. The van der Waals surface area contributed by atoms with Gasteiger partial charge in [-0.05, 0) is 60.5 Å². The molecule has 0 amide bonds. The van der Waals surface area contributed by atoms with Crippen LogP contribution in [0.1, 0.15) is 17.5 Å². The molecule has 2 N–H and O–H groups in total. The van der Waals surface area contributed by atoms with E-state index in [4.69, 9.17) is 0 Å². The molecule has 182 valence electrons. The highest BCUT2D eigenvalue weighted by Crippen LogP contribution is 2.46. The molecule has 1 aliphatic rings. The molecule has 0 aliphatic carbocycles. The molecule has 0 bridgehead atoms. The minimum atomic E-state index is -1.13. The molecule has 6 rings (SSSR count). The van der Waals surface area contributed by atoms with Crippen molar-refractivity contribution in [1.82, 2.24) is 9.88 Å². The Bertz CT molecular complexity index is 1470. The summed E-state index contributed by atoms with van der Waals surface area (Å²) in [5.74, 6) is -0.742. The van der Waals surface area contributed by atoms with Gasteiger partial charge in [-0.15, -0.1) is 0 Å². The topological polar surface area (TPSA) is 37.2 Å². The van der Waals surface area contributed by atoms with E-state index < -0.39 is 11.1 Å². The molecular weight excluding hydrogens is 454 g/mol. The number of fused-ring (bicyclic) bond motifs is 3. The lowest BCUT2D eigenvalue weighted by atomic mass is 9.68. The molecule has 4 aromatic carbocycles. The van der Waals surface area contributed by atoms with Gasteiger partial charge in [0.25, 0.3) is 0 Å². The van der Waals surface area contributed by atoms with Crippen molar-refractivity contribution in [2.75, 3.05) is 13.1 Å². The quantitative estimate of drug-likeness (QED) is 0.324. The predicted octanol–water partition coefficient (Wildman–Crippen LogP) is 5.98. The first-order valence-corrected chi connectivity index (χ1v) is 12.4. The standard InChI is InChI=1S/C31H28F2N2O/c32-24-11-13-28-26(17-24)27-18-25(33)12-14-29(27)35(28)30(19-22-7-3-1-4-8-22)21-34-16-15-31(30,36)20-23-9-5-2-6-10-23/h1-14,17-18,34,36H,15-16,19-21H2. The van der Waals surface area contributed by atoms with Crippen molar-refractivity contribution in [1.29, 1.82) is 0 Å². The average Bonchev–Trinajstić information content (AvgIpc) is 3.20. The minimum absolute atomic E-state index is 0.371. The summed E-state index contributed by atoms with van der Waals surface area (Å²) in [5, 5.41) is 17.5. The van der Waals surface area contributed by atoms with Crippen LogP contribution in [0.15, 0.2) is 97.1 Å². The second-order valence-electron chi connectivity index (χ2n) is 9.97. The smallest absolute Gasteiger partial charge is 0.123 e. The van der Waals surface area contributed by atoms with Crippen molar-refractivity contribution in [2.45, 2.75) is 30.4 Å². The number of hydrogen-bond donors (Lipinski definition) is 2. The van der Waals surface area contributed by atoms with Crippen LogP contribution >= 0.6 is 0 Å². The maximum Gasteiger partial charge on any atom is 0.123 e. The zero-order valence-electron chi connectivity index (χ0n) is 19.9. The maximum atomic E-state index is 14.4. The predicted molar refractivity (Wildman–Crippen MR) is 140 cm³/mol. The number of aliphatic hydroxyl groups is 1. The van der Waals surface area contributed by atoms with Gasteiger partial charge in [0.2, 0.25) is 0 Å².